The normalized spacial score (nSPS) is 14.8. The topological polar surface area (TPSA) is 99.5 Å². The van der Waals surface area contributed by atoms with E-state index in [1.54, 1.807) is 4.90 Å². The summed E-state index contributed by atoms with van der Waals surface area (Å²) < 4.78 is 0. The second-order valence-corrected chi connectivity index (χ2v) is 6.46. The van der Waals surface area contributed by atoms with Crippen LogP contribution in [0.2, 0.25) is 10.0 Å². The summed E-state index contributed by atoms with van der Waals surface area (Å²) >= 11 is 12.4. The van der Waals surface area contributed by atoms with E-state index in [0.29, 0.717) is 48.3 Å². The van der Waals surface area contributed by atoms with Crippen molar-refractivity contribution in [3.05, 3.63) is 46.2 Å². The number of carboxylic acid groups (broad SMARTS) is 1. The van der Waals surface area contributed by atoms with Gasteiger partial charge in [-0.15, -0.1) is 0 Å². The molecule has 0 radical (unpaired) electrons. The van der Waals surface area contributed by atoms with E-state index in [-0.39, 0.29) is 11.4 Å². The highest BCUT2D eigenvalue weighted by molar-refractivity contribution is 6.38. The van der Waals surface area contributed by atoms with Crippen molar-refractivity contribution in [2.24, 2.45) is 0 Å². The molecular weight excluding hydrogens is 381 g/mol. The van der Waals surface area contributed by atoms with Crippen LogP contribution < -0.4 is 4.90 Å². The predicted octanol–water partition coefficient (Wildman–Crippen LogP) is 2.23. The van der Waals surface area contributed by atoms with Gasteiger partial charge in [0.25, 0.3) is 5.91 Å². The van der Waals surface area contributed by atoms with Crippen LogP contribution in [0.3, 0.4) is 0 Å². The predicted molar refractivity (Wildman–Crippen MR) is 96.0 cm³/mol. The highest BCUT2D eigenvalue weighted by Crippen LogP contribution is 2.33. The molecule has 10 heteroatoms. The lowest BCUT2D eigenvalue weighted by Gasteiger charge is -2.25. The van der Waals surface area contributed by atoms with Crippen LogP contribution in [0.15, 0.2) is 24.8 Å². The van der Waals surface area contributed by atoms with E-state index in [1.807, 2.05) is 4.90 Å². The maximum absolute atomic E-state index is 12.7. The van der Waals surface area contributed by atoms with Crippen LogP contribution in [-0.2, 0) is 0 Å². The number of halogens is 2. The van der Waals surface area contributed by atoms with E-state index in [1.165, 1.54) is 24.8 Å². The fraction of sp³-hybridized carbons (Fsp3) is 0.312. The lowest BCUT2D eigenvalue weighted by atomic mass is 10.2. The van der Waals surface area contributed by atoms with Crippen LogP contribution in [0.25, 0.3) is 0 Å². The summed E-state index contributed by atoms with van der Waals surface area (Å²) in [7, 11) is 0. The van der Waals surface area contributed by atoms with Crippen LogP contribution in [0.4, 0.5) is 5.69 Å². The summed E-state index contributed by atoms with van der Waals surface area (Å²) in [5.41, 5.74) is 0.176. The zero-order valence-electron chi connectivity index (χ0n) is 13.6. The number of aromatic nitrogens is 3. The number of carbonyl (C=O) groups excluding carboxylic acids is 1. The molecule has 0 spiro atoms. The fourth-order valence-electron chi connectivity index (χ4n) is 2.85. The van der Waals surface area contributed by atoms with E-state index in [0.717, 1.165) is 0 Å². The number of pyridine rings is 1. The van der Waals surface area contributed by atoms with Gasteiger partial charge in [0.1, 0.15) is 0 Å². The molecule has 0 saturated carbocycles. The van der Waals surface area contributed by atoms with E-state index < -0.39 is 11.9 Å². The van der Waals surface area contributed by atoms with Crippen molar-refractivity contribution in [1.29, 1.82) is 0 Å². The first-order chi connectivity index (χ1) is 12.5. The monoisotopic (exact) mass is 395 g/mol. The molecule has 0 unspecified atom stereocenters. The van der Waals surface area contributed by atoms with E-state index >= 15 is 0 Å². The average molecular weight is 396 g/mol. The number of hydrogen-bond acceptors (Lipinski definition) is 6. The van der Waals surface area contributed by atoms with Gasteiger partial charge in [-0.25, -0.2) is 14.8 Å². The first-order valence-corrected chi connectivity index (χ1v) is 8.62. The Morgan fingerprint density at radius 1 is 0.962 bits per heavy atom. The molecule has 8 nitrogen and oxygen atoms in total. The number of anilines is 1. The van der Waals surface area contributed by atoms with Crippen molar-refractivity contribution in [2.45, 2.75) is 6.42 Å². The standard InChI is InChI=1S/C16H15Cl2N5O3/c17-10-8-19-9-11(18)14(10)22-4-1-5-23(7-6-22)15(24)12-13(16(25)26)21-3-2-20-12/h2-3,8-9H,1,4-7H2,(H,25,26). The van der Waals surface area contributed by atoms with Gasteiger partial charge in [0.15, 0.2) is 11.4 Å². The zero-order valence-corrected chi connectivity index (χ0v) is 15.1. The third kappa shape index (κ3) is 3.71. The van der Waals surface area contributed by atoms with Crippen LogP contribution in [0, 0.1) is 0 Å². The van der Waals surface area contributed by atoms with Gasteiger partial charge in [-0.05, 0) is 6.42 Å². The molecule has 136 valence electrons. The van der Waals surface area contributed by atoms with Gasteiger partial charge in [0.05, 0.1) is 15.7 Å². The minimum atomic E-state index is -1.28. The third-order valence-electron chi connectivity index (χ3n) is 4.03. The quantitative estimate of drug-likeness (QED) is 0.849. The molecule has 1 aliphatic rings. The van der Waals surface area contributed by atoms with E-state index in [4.69, 9.17) is 23.2 Å². The molecule has 0 bridgehead atoms. The zero-order chi connectivity index (χ0) is 18.7. The van der Waals surface area contributed by atoms with Gasteiger partial charge in [-0.2, -0.15) is 0 Å². The van der Waals surface area contributed by atoms with Crippen molar-refractivity contribution in [3.63, 3.8) is 0 Å². The first-order valence-electron chi connectivity index (χ1n) is 7.86. The molecule has 1 aliphatic heterocycles. The van der Waals surface area contributed by atoms with Crippen molar-refractivity contribution in [2.75, 3.05) is 31.1 Å². The first kappa shape index (κ1) is 18.3. The van der Waals surface area contributed by atoms with Crippen molar-refractivity contribution < 1.29 is 14.7 Å². The lowest BCUT2D eigenvalue weighted by molar-refractivity contribution is 0.0667. The molecule has 3 heterocycles. The Hall–Kier alpha value is -2.45. The molecule has 26 heavy (non-hydrogen) atoms. The summed E-state index contributed by atoms with van der Waals surface area (Å²) in [6.45, 7) is 1.99. The SMILES string of the molecule is O=C(O)c1nccnc1C(=O)N1CCCN(c2c(Cl)cncc2Cl)CC1. The molecule has 0 aromatic carbocycles. The minimum absolute atomic E-state index is 0.159. The Bertz CT molecular complexity index is 828. The number of aromatic carboxylic acids is 1. The van der Waals surface area contributed by atoms with Gasteiger partial charge < -0.3 is 14.9 Å². The Kier molecular flexibility index (Phi) is 5.53. The Balaban J connectivity index is 1.79. The van der Waals surface area contributed by atoms with Crippen LogP contribution >= 0.6 is 23.2 Å². The van der Waals surface area contributed by atoms with Crippen molar-refractivity contribution in [3.8, 4) is 0 Å². The maximum Gasteiger partial charge on any atom is 0.356 e. The summed E-state index contributed by atoms with van der Waals surface area (Å²) in [5.74, 6) is -1.74. The molecule has 1 saturated heterocycles. The minimum Gasteiger partial charge on any atom is -0.476 e. The molecule has 1 N–H and O–H groups in total. The Labute approximate surface area is 159 Å². The molecule has 1 amide bonds. The summed E-state index contributed by atoms with van der Waals surface area (Å²) in [5, 5.41) is 10.1. The molecule has 2 aromatic heterocycles. The van der Waals surface area contributed by atoms with Gasteiger partial charge in [0.2, 0.25) is 0 Å². The number of rotatable bonds is 3. The van der Waals surface area contributed by atoms with Crippen LogP contribution in [0.5, 0.6) is 0 Å². The Morgan fingerprint density at radius 2 is 1.62 bits per heavy atom. The smallest absolute Gasteiger partial charge is 0.356 e. The lowest BCUT2D eigenvalue weighted by Crippen LogP contribution is -2.36. The highest BCUT2D eigenvalue weighted by Gasteiger charge is 2.27. The van der Waals surface area contributed by atoms with Gasteiger partial charge >= 0.3 is 5.97 Å². The number of nitrogens with zero attached hydrogens (tertiary/aromatic N) is 5. The Morgan fingerprint density at radius 3 is 2.27 bits per heavy atom. The summed E-state index contributed by atoms with van der Waals surface area (Å²) in [6, 6.07) is 0. The number of hydrogen-bond donors (Lipinski definition) is 1. The van der Waals surface area contributed by atoms with Gasteiger partial charge in [-0.3, -0.25) is 9.78 Å². The fourth-order valence-corrected chi connectivity index (χ4v) is 3.46. The molecule has 0 aliphatic carbocycles. The molecule has 3 rings (SSSR count). The average Bonchev–Trinajstić information content (AvgIpc) is 2.87. The number of carbonyl (C=O) groups is 2. The van der Waals surface area contributed by atoms with Crippen molar-refractivity contribution in [1.82, 2.24) is 19.9 Å². The van der Waals surface area contributed by atoms with Crippen molar-refractivity contribution >= 4 is 40.8 Å². The van der Waals surface area contributed by atoms with Crippen LogP contribution in [0.1, 0.15) is 27.4 Å². The second-order valence-electron chi connectivity index (χ2n) is 5.64. The maximum atomic E-state index is 12.7. The van der Waals surface area contributed by atoms with E-state index in [2.05, 4.69) is 15.0 Å². The molecule has 1 fully saturated rings. The number of amides is 1. The summed E-state index contributed by atoms with van der Waals surface area (Å²) in [4.78, 5) is 39.2. The van der Waals surface area contributed by atoms with Gasteiger partial charge in [0, 0.05) is 51.0 Å². The second kappa shape index (κ2) is 7.84. The molecule has 0 atom stereocenters. The number of carboxylic acids is 1. The van der Waals surface area contributed by atoms with E-state index in [9.17, 15) is 14.7 Å². The highest BCUT2D eigenvalue weighted by atomic mass is 35.5. The molecule has 2 aromatic rings. The molecular formula is C16H15Cl2N5O3. The van der Waals surface area contributed by atoms with Gasteiger partial charge in [-0.1, -0.05) is 23.2 Å². The van der Waals surface area contributed by atoms with Crippen LogP contribution in [-0.4, -0.2) is 63.0 Å². The summed E-state index contributed by atoms with van der Waals surface area (Å²) in [6.07, 6.45) is 6.27. The largest absolute Gasteiger partial charge is 0.476 e. The third-order valence-corrected chi connectivity index (χ3v) is 4.58.